The lowest BCUT2D eigenvalue weighted by Crippen LogP contribution is -2.31. The molecule has 8 heteroatoms. The number of methoxy groups -OCH3 is 2. The first-order valence-corrected chi connectivity index (χ1v) is 11.0. The molecule has 1 fully saturated rings. The lowest BCUT2D eigenvalue weighted by molar-refractivity contribution is 0.0734. The molecule has 1 atom stereocenters. The smallest absolute Gasteiger partial charge is 0.254 e. The Morgan fingerprint density at radius 2 is 1.93 bits per heavy atom. The third-order valence-corrected chi connectivity index (χ3v) is 6.51. The molecule has 0 bridgehead atoms. The third-order valence-electron chi connectivity index (χ3n) is 5.09. The van der Waals surface area contributed by atoms with Crippen molar-refractivity contribution >= 4 is 15.9 Å². The Morgan fingerprint density at radius 3 is 2.57 bits per heavy atom. The van der Waals surface area contributed by atoms with Gasteiger partial charge in [0.2, 0.25) is 10.0 Å². The van der Waals surface area contributed by atoms with Crippen LogP contribution in [0.1, 0.15) is 34.8 Å². The first-order valence-electron chi connectivity index (χ1n) is 9.47. The number of carbonyl (C=O) groups excluding carboxylic acids is 1. The number of hydrogen-bond donors (Lipinski definition) is 1. The number of terminal acetylenes is 1. The van der Waals surface area contributed by atoms with Gasteiger partial charge < -0.3 is 14.4 Å². The summed E-state index contributed by atoms with van der Waals surface area (Å²) in [5.41, 5.74) is 1.34. The van der Waals surface area contributed by atoms with Crippen molar-refractivity contribution in [2.45, 2.75) is 23.8 Å². The van der Waals surface area contributed by atoms with Crippen molar-refractivity contribution in [1.29, 1.82) is 0 Å². The molecule has 1 aliphatic heterocycles. The number of ether oxygens (including phenoxy) is 2. The van der Waals surface area contributed by atoms with Gasteiger partial charge in [0.1, 0.15) is 11.5 Å². The van der Waals surface area contributed by atoms with Crippen molar-refractivity contribution < 1.29 is 22.7 Å². The summed E-state index contributed by atoms with van der Waals surface area (Å²) in [6, 6.07) is 11.3. The summed E-state index contributed by atoms with van der Waals surface area (Å²) in [6.07, 6.45) is 6.79. The Balaban J connectivity index is 1.84. The molecule has 30 heavy (non-hydrogen) atoms. The molecule has 7 nitrogen and oxygen atoms in total. The van der Waals surface area contributed by atoms with Gasteiger partial charge in [-0.25, -0.2) is 8.42 Å². The summed E-state index contributed by atoms with van der Waals surface area (Å²) < 4.78 is 37.4. The summed E-state index contributed by atoms with van der Waals surface area (Å²) in [4.78, 5) is 15.0. The van der Waals surface area contributed by atoms with E-state index in [1.54, 1.807) is 25.2 Å². The van der Waals surface area contributed by atoms with Crippen LogP contribution in [0, 0.1) is 12.3 Å². The average Bonchev–Trinajstić information content (AvgIpc) is 3.26. The predicted molar refractivity (Wildman–Crippen MR) is 113 cm³/mol. The molecule has 1 saturated heterocycles. The summed E-state index contributed by atoms with van der Waals surface area (Å²) in [5.74, 6) is 3.42. The van der Waals surface area contributed by atoms with E-state index in [9.17, 15) is 13.2 Å². The third kappa shape index (κ3) is 4.42. The largest absolute Gasteiger partial charge is 0.497 e. The van der Waals surface area contributed by atoms with Crippen molar-refractivity contribution in [3.63, 3.8) is 0 Å². The molecular weight excluding hydrogens is 404 g/mol. The number of hydrogen-bond acceptors (Lipinski definition) is 5. The quantitative estimate of drug-likeness (QED) is 0.686. The number of rotatable bonds is 7. The van der Waals surface area contributed by atoms with Crippen LogP contribution in [0.25, 0.3) is 0 Å². The van der Waals surface area contributed by atoms with Gasteiger partial charge in [0, 0.05) is 23.7 Å². The molecular formula is C22H24N2O5S. The standard InChI is InChI=1S/C22H24N2O5S/c1-4-13-23-30(26,27)18-10-7-16(8-11-18)22(25)24-14-5-6-20(24)19-12-9-17(28-2)15-21(19)29-3/h1,7-12,15,20,23H,5-6,13-14H2,2-3H3. The van der Waals surface area contributed by atoms with Crippen LogP contribution in [0.15, 0.2) is 47.4 Å². The number of likely N-dealkylation sites (tertiary alicyclic amines) is 1. The minimum Gasteiger partial charge on any atom is -0.497 e. The monoisotopic (exact) mass is 428 g/mol. The van der Waals surface area contributed by atoms with Gasteiger partial charge >= 0.3 is 0 Å². The Labute approximate surface area is 177 Å². The number of nitrogens with zero attached hydrogens (tertiary/aromatic N) is 1. The van der Waals surface area contributed by atoms with E-state index >= 15 is 0 Å². The molecule has 1 unspecified atom stereocenters. The van der Waals surface area contributed by atoms with E-state index in [1.807, 2.05) is 12.1 Å². The van der Waals surface area contributed by atoms with Crippen molar-refractivity contribution in [3.8, 4) is 23.8 Å². The number of sulfonamides is 1. The van der Waals surface area contributed by atoms with E-state index in [0.29, 0.717) is 23.6 Å². The van der Waals surface area contributed by atoms with Crippen molar-refractivity contribution in [1.82, 2.24) is 9.62 Å². The minimum atomic E-state index is -3.70. The first kappa shape index (κ1) is 21.7. The highest BCUT2D eigenvalue weighted by Gasteiger charge is 2.32. The maximum absolute atomic E-state index is 13.2. The fourth-order valence-electron chi connectivity index (χ4n) is 3.59. The minimum absolute atomic E-state index is 0.0593. The Bertz CT molecular complexity index is 1060. The first-order chi connectivity index (χ1) is 14.4. The molecule has 0 aliphatic carbocycles. The lowest BCUT2D eigenvalue weighted by atomic mass is 10.0. The van der Waals surface area contributed by atoms with Gasteiger partial charge in [0.15, 0.2) is 0 Å². The van der Waals surface area contributed by atoms with Crippen molar-refractivity contribution in [2.24, 2.45) is 0 Å². The maximum atomic E-state index is 13.2. The van der Waals surface area contributed by atoms with Gasteiger partial charge in [-0.05, 0) is 49.2 Å². The van der Waals surface area contributed by atoms with Gasteiger partial charge in [-0.1, -0.05) is 5.92 Å². The fourth-order valence-corrected chi connectivity index (χ4v) is 4.52. The summed E-state index contributed by atoms with van der Waals surface area (Å²) >= 11 is 0. The van der Waals surface area contributed by atoms with E-state index < -0.39 is 10.0 Å². The van der Waals surface area contributed by atoms with Crippen LogP contribution in [0.3, 0.4) is 0 Å². The second-order valence-electron chi connectivity index (χ2n) is 6.82. The van der Waals surface area contributed by atoms with Crippen LogP contribution in [0.4, 0.5) is 0 Å². The van der Waals surface area contributed by atoms with E-state index in [0.717, 1.165) is 18.4 Å². The molecule has 0 spiro atoms. The highest BCUT2D eigenvalue weighted by atomic mass is 32.2. The number of amides is 1. The Morgan fingerprint density at radius 1 is 1.20 bits per heavy atom. The van der Waals surface area contributed by atoms with E-state index in [-0.39, 0.29) is 23.4 Å². The zero-order valence-electron chi connectivity index (χ0n) is 16.9. The fraction of sp³-hybridized carbons (Fsp3) is 0.318. The van der Waals surface area contributed by atoms with E-state index in [2.05, 4.69) is 10.6 Å². The topological polar surface area (TPSA) is 84.9 Å². The maximum Gasteiger partial charge on any atom is 0.254 e. The van der Waals surface area contributed by atoms with Gasteiger partial charge in [0.25, 0.3) is 5.91 Å². The molecule has 1 heterocycles. The number of carbonyl (C=O) groups is 1. The summed E-state index contributed by atoms with van der Waals surface area (Å²) in [6.45, 7) is 0.518. The highest BCUT2D eigenvalue weighted by molar-refractivity contribution is 7.89. The van der Waals surface area contributed by atoms with Gasteiger partial charge in [0.05, 0.1) is 31.7 Å². The van der Waals surface area contributed by atoms with Crippen LogP contribution < -0.4 is 14.2 Å². The van der Waals surface area contributed by atoms with E-state index in [4.69, 9.17) is 15.9 Å². The molecule has 2 aromatic rings. The second kappa shape index (κ2) is 9.20. The number of nitrogens with one attached hydrogen (secondary N) is 1. The zero-order valence-corrected chi connectivity index (χ0v) is 17.7. The van der Waals surface area contributed by atoms with Crippen LogP contribution in [0.2, 0.25) is 0 Å². The summed E-state index contributed by atoms with van der Waals surface area (Å²) in [5, 5.41) is 0. The van der Waals surface area contributed by atoms with E-state index in [1.165, 1.54) is 24.3 Å². The normalized spacial score (nSPS) is 16.2. The average molecular weight is 429 g/mol. The molecule has 3 rings (SSSR count). The molecule has 1 aliphatic rings. The van der Waals surface area contributed by atoms with Crippen molar-refractivity contribution in [2.75, 3.05) is 27.3 Å². The van der Waals surface area contributed by atoms with Gasteiger partial charge in [-0.15, -0.1) is 6.42 Å². The highest BCUT2D eigenvalue weighted by Crippen LogP contribution is 2.39. The Hall–Kier alpha value is -3.02. The van der Waals surface area contributed by atoms with Crippen LogP contribution in [0.5, 0.6) is 11.5 Å². The Kier molecular flexibility index (Phi) is 6.65. The van der Waals surface area contributed by atoms with Crippen LogP contribution >= 0.6 is 0 Å². The molecule has 1 amide bonds. The second-order valence-corrected chi connectivity index (χ2v) is 8.58. The molecule has 0 aromatic heterocycles. The molecule has 2 aromatic carbocycles. The lowest BCUT2D eigenvalue weighted by Gasteiger charge is -2.26. The van der Waals surface area contributed by atoms with Crippen LogP contribution in [-0.2, 0) is 10.0 Å². The summed E-state index contributed by atoms with van der Waals surface area (Å²) in [7, 11) is -0.520. The van der Waals surface area contributed by atoms with Crippen LogP contribution in [-0.4, -0.2) is 46.5 Å². The van der Waals surface area contributed by atoms with Gasteiger partial charge in [-0.2, -0.15) is 4.72 Å². The molecule has 0 radical (unpaired) electrons. The molecule has 158 valence electrons. The predicted octanol–water partition coefficient (Wildman–Crippen LogP) is 2.59. The number of benzene rings is 2. The van der Waals surface area contributed by atoms with Crippen molar-refractivity contribution in [3.05, 3.63) is 53.6 Å². The van der Waals surface area contributed by atoms with Gasteiger partial charge in [-0.3, -0.25) is 4.79 Å². The SMILES string of the molecule is C#CCNS(=O)(=O)c1ccc(C(=O)N2CCCC2c2ccc(OC)cc2OC)cc1. The molecule has 0 saturated carbocycles. The zero-order chi connectivity index (χ0) is 21.7. The molecule has 1 N–H and O–H groups in total.